The standard InChI is InChI=1S/C14H20N2O3S/c1-9-3-4-11(10(2)7-9)16-6-5-12(17)15-14(16)20-8-13(18)19/h5-6,9-11H,3-4,7-8H2,1-2H3,(H,18,19). The Labute approximate surface area is 122 Å². The van der Waals surface area contributed by atoms with Crippen molar-refractivity contribution in [1.29, 1.82) is 0 Å². The minimum absolute atomic E-state index is 0.0754. The van der Waals surface area contributed by atoms with Crippen LogP contribution in [0.1, 0.15) is 39.2 Å². The van der Waals surface area contributed by atoms with E-state index in [1.54, 1.807) is 6.20 Å². The lowest BCUT2D eigenvalue weighted by Crippen LogP contribution is -2.27. The molecule has 1 fully saturated rings. The normalized spacial score (nSPS) is 26.4. The van der Waals surface area contributed by atoms with Gasteiger partial charge in [0.05, 0.1) is 5.75 Å². The van der Waals surface area contributed by atoms with E-state index in [0.717, 1.165) is 36.9 Å². The number of thioether (sulfide) groups is 1. The molecule has 0 saturated heterocycles. The van der Waals surface area contributed by atoms with Crippen molar-refractivity contribution in [3.05, 3.63) is 22.6 Å². The quantitative estimate of drug-likeness (QED) is 0.682. The summed E-state index contributed by atoms with van der Waals surface area (Å²) in [6.45, 7) is 4.47. The van der Waals surface area contributed by atoms with Gasteiger partial charge in [0.2, 0.25) is 0 Å². The van der Waals surface area contributed by atoms with Gasteiger partial charge in [-0.05, 0) is 31.1 Å². The molecule has 1 aromatic heterocycles. The average molecular weight is 296 g/mol. The molecule has 0 aromatic carbocycles. The summed E-state index contributed by atoms with van der Waals surface area (Å²) in [6, 6.07) is 1.76. The van der Waals surface area contributed by atoms with Gasteiger partial charge in [-0.25, -0.2) is 0 Å². The minimum atomic E-state index is -0.898. The Morgan fingerprint density at radius 3 is 2.90 bits per heavy atom. The molecule has 1 saturated carbocycles. The van der Waals surface area contributed by atoms with Crippen LogP contribution in [-0.4, -0.2) is 26.4 Å². The zero-order valence-corrected chi connectivity index (χ0v) is 12.6. The Morgan fingerprint density at radius 2 is 2.25 bits per heavy atom. The van der Waals surface area contributed by atoms with Gasteiger partial charge in [0.25, 0.3) is 5.56 Å². The van der Waals surface area contributed by atoms with Crippen LogP contribution in [-0.2, 0) is 4.79 Å². The van der Waals surface area contributed by atoms with Gasteiger partial charge in [-0.15, -0.1) is 0 Å². The molecule has 1 aromatic rings. The number of rotatable bonds is 4. The van der Waals surface area contributed by atoms with Gasteiger partial charge in [0.1, 0.15) is 0 Å². The van der Waals surface area contributed by atoms with E-state index in [1.807, 2.05) is 4.57 Å². The number of aliphatic carboxylic acids is 1. The highest BCUT2D eigenvalue weighted by molar-refractivity contribution is 7.99. The Hall–Kier alpha value is -1.30. The molecule has 0 amide bonds. The molecule has 0 radical (unpaired) electrons. The number of aromatic nitrogens is 2. The fourth-order valence-electron chi connectivity index (χ4n) is 2.95. The van der Waals surface area contributed by atoms with Gasteiger partial charge in [-0.2, -0.15) is 4.98 Å². The van der Waals surface area contributed by atoms with Crippen molar-refractivity contribution < 1.29 is 9.90 Å². The fourth-order valence-corrected chi connectivity index (χ4v) is 3.70. The lowest BCUT2D eigenvalue weighted by Gasteiger charge is -2.35. The van der Waals surface area contributed by atoms with Crippen molar-refractivity contribution in [2.45, 2.75) is 44.3 Å². The van der Waals surface area contributed by atoms with Crippen molar-refractivity contribution in [2.24, 2.45) is 11.8 Å². The SMILES string of the molecule is CC1CCC(n2ccc(=O)nc2SCC(=O)O)C(C)C1. The van der Waals surface area contributed by atoms with Crippen molar-refractivity contribution in [1.82, 2.24) is 9.55 Å². The third-order valence-corrected chi connectivity index (χ3v) is 4.82. The van der Waals surface area contributed by atoms with Crippen molar-refractivity contribution in [3.63, 3.8) is 0 Å². The summed E-state index contributed by atoms with van der Waals surface area (Å²) >= 11 is 1.12. The third-order valence-electron chi connectivity index (χ3n) is 3.87. The number of carboxylic acid groups (broad SMARTS) is 1. The molecular weight excluding hydrogens is 276 g/mol. The van der Waals surface area contributed by atoms with Crippen LogP contribution in [0.2, 0.25) is 0 Å². The van der Waals surface area contributed by atoms with Gasteiger partial charge < -0.3 is 9.67 Å². The average Bonchev–Trinajstić information content (AvgIpc) is 2.37. The molecule has 0 spiro atoms. The predicted octanol–water partition coefficient (Wildman–Crippen LogP) is 2.42. The Bertz CT molecular complexity index is 543. The Kier molecular flexibility index (Phi) is 4.86. The summed E-state index contributed by atoms with van der Waals surface area (Å²) in [5, 5.41) is 9.32. The molecule has 3 unspecified atom stereocenters. The second kappa shape index (κ2) is 6.43. The minimum Gasteiger partial charge on any atom is -0.481 e. The number of hydrogen-bond donors (Lipinski definition) is 1. The summed E-state index contributed by atoms with van der Waals surface area (Å²) < 4.78 is 1.99. The molecule has 3 atom stereocenters. The van der Waals surface area contributed by atoms with Crippen LogP contribution < -0.4 is 5.56 Å². The summed E-state index contributed by atoms with van der Waals surface area (Å²) in [7, 11) is 0. The Morgan fingerprint density at radius 1 is 1.50 bits per heavy atom. The first-order valence-electron chi connectivity index (χ1n) is 6.91. The van der Waals surface area contributed by atoms with E-state index < -0.39 is 5.97 Å². The van der Waals surface area contributed by atoms with E-state index >= 15 is 0 Å². The second-order valence-electron chi connectivity index (χ2n) is 5.60. The van der Waals surface area contributed by atoms with Crippen LogP contribution in [0.4, 0.5) is 0 Å². The maximum Gasteiger partial charge on any atom is 0.313 e. The van der Waals surface area contributed by atoms with Gasteiger partial charge in [0.15, 0.2) is 5.16 Å². The van der Waals surface area contributed by atoms with Crippen LogP contribution >= 0.6 is 11.8 Å². The van der Waals surface area contributed by atoms with Gasteiger partial charge >= 0.3 is 5.97 Å². The number of carboxylic acids is 1. The molecule has 1 aliphatic rings. The number of carbonyl (C=O) groups is 1. The van der Waals surface area contributed by atoms with E-state index in [2.05, 4.69) is 18.8 Å². The molecule has 6 heteroatoms. The molecule has 110 valence electrons. The molecule has 0 bridgehead atoms. The van der Waals surface area contributed by atoms with Gasteiger partial charge in [-0.3, -0.25) is 9.59 Å². The van der Waals surface area contributed by atoms with E-state index in [0.29, 0.717) is 17.1 Å². The molecule has 5 nitrogen and oxygen atoms in total. The maximum absolute atomic E-state index is 11.4. The zero-order chi connectivity index (χ0) is 14.7. The van der Waals surface area contributed by atoms with E-state index in [4.69, 9.17) is 5.11 Å². The topological polar surface area (TPSA) is 72.2 Å². The summed E-state index contributed by atoms with van der Waals surface area (Å²) in [5.74, 6) is 0.259. The largest absolute Gasteiger partial charge is 0.481 e. The van der Waals surface area contributed by atoms with E-state index in [-0.39, 0.29) is 11.3 Å². The lowest BCUT2D eigenvalue weighted by molar-refractivity contribution is -0.133. The van der Waals surface area contributed by atoms with Crippen molar-refractivity contribution >= 4 is 17.7 Å². The van der Waals surface area contributed by atoms with E-state index in [1.165, 1.54) is 6.07 Å². The van der Waals surface area contributed by atoms with Gasteiger partial charge in [-0.1, -0.05) is 25.6 Å². The van der Waals surface area contributed by atoms with Crippen molar-refractivity contribution in [3.8, 4) is 0 Å². The summed E-state index contributed by atoms with van der Waals surface area (Å²) in [5.41, 5.74) is -0.314. The number of nitrogens with zero attached hydrogens (tertiary/aromatic N) is 2. The number of hydrogen-bond acceptors (Lipinski definition) is 4. The lowest BCUT2D eigenvalue weighted by atomic mass is 9.80. The summed E-state index contributed by atoms with van der Waals surface area (Å²) in [6.07, 6.45) is 5.12. The fraction of sp³-hybridized carbons (Fsp3) is 0.643. The maximum atomic E-state index is 11.4. The second-order valence-corrected chi connectivity index (χ2v) is 6.54. The highest BCUT2D eigenvalue weighted by Crippen LogP contribution is 2.38. The van der Waals surface area contributed by atoms with E-state index in [9.17, 15) is 9.59 Å². The van der Waals surface area contributed by atoms with Crippen LogP contribution in [0.15, 0.2) is 22.2 Å². The van der Waals surface area contributed by atoms with Crippen LogP contribution in [0, 0.1) is 11.8 Å². The van der Waals surface area contributed by atoms with Crippen LogP contribution in [0.3, 0.4) is 0 Å². The first-order valence-corrected chi connectivity index (χ1v) is 7.89. The first kappa shape index (κ1) is 15.1. The van der Waals surface area contributed by atoms with Crippen LogP contribution in [0.5, 0.6) is 0 Å². The van der Waals surface area contributed by atoms with Crippen molar-refractivity contribution in [2.75, 3.05) is 5.75 Å². The van der Waals surface area contributed by atoms with Gasteiger partial charge in [0, 0.05) is 18.3 Å². The predicted molar refractivity (Wildman–Crippen MR) is 78.1 cm³/mol. The molecule has 2 rings (SSSR count). The zero-order valence-electron chi connectivity index (χ0n) is 11.8. The molecule has 1 N–H and O–H groups in total. The smallest absolute Gasteiger partial charge is 0.313 e. The molecule has 20 heavy (non-hydrogen) atoms. The monoisotopic (exact) mass is 296 g/mol. The highest BCUT2D eigenvalue weighted by atomic mass is 32.2. The van der Waals surface area contributed by atoms with Crippen LogP contribution in [0.25, 0.3) is 0 Å². The molecule has 1 heterocycles. The Balaban J connectivity index is 2.25. The summed E-state index contributed by atoms with van der Waals surface area (Å²) in [4.78, 5) is 26.1. The molecule has 1 aliphatic carbocycles. The molecular formula is C14H20N2O3S. The third kappa shape index (κ3) is 3.62. The first-order chi connectivity index (χ1) is 9.47. The highest BCUT2D eigenvalue weighted by Gasteiger charge is 2.27. The molecule has 0 aliphatic heterocycles.